The maximum atomic E-state index is 2.73. The van der Waals surface area contributed by atoms with E-state index in [1.807, 2.05) is 0 Å². The average Bonchev–Trinajstić information content (AvgIpc) is 2.47. The van der Waals surface area contributed by atoms with Crippen LogP contribution in [-0.4, -0.2) is 37.1 Å². The molecule has 20 heavy (non-hydrogen) atoms. The summed E-state index contributed by atoms with van der Waals surface area (Å²) in [7, 11) is 0. The molecule has 1 aromatic carbocycles. The molecule has 0 unspecified atom stereocenters. The number of anilines is 1. The van der Waals surface area contributed by atoms with E-state index in [2.05, 4.69) is 41.8 Å². The molecule has 2 nitrogen and oxygen atoms in total. The van der Waals surface area contributed by atoms with Crippen molar-refractivity contribution in [2.75, 3.05) is 31.1 Å². The molecule has 110 valence electrons. The van der Waals surface area contributed by atoms with E-state index in [1.165, 1.54) is 58.3 Å². The minimum Gasteiger partial charge on any atom is -0.369 e. The van der Waals surface area contributed by atoms with Gasteiger partial charge in [-0.25, -0.2) is 0 Å². The van der Waals surface area contributed by atoms with Crippen LogP contribution in [0, 0.1) is 0 Å². The maximum Gasteiger partial charge on any atom is 0.0432 e. The lowest BCUT2D eigenvalue weighted by Crippen LogP contribution is -2.50. The van der Waals surface area contributed by atoms with E-state index in [0.29, 0.717) is 0 Å². The molecule has 1 atom stereocenters. The molecule has 1 aromatic rings. The van der Waals surface area contributed by atoms with Gasteiger partial charge in [-0.05, 0) is 56.3 Å². The third-order valence-corrected chi connectivity index (χ3v) is 4.82. The van der Waals surface area contributed by atoms with Gasteiger partial charge in [0.2, 0.25) is 0 Å². The Morgan fingerprint density at radius 2 is 1.90 bits per heavy atom. The molecule has 2 heterocycles. The number of para-hydroxylation sites is 1. The highest BCUT2D eigenvalue weighted by Gasteiger charge is 2.30. The number of nitrogens with zero attached hydrogens (tertiary/aromatic N) is 2. The van der Waals surface area contributed by atoms with Crippen LogP contribution in [0.25, 0.3) is 0 Å². The molecule has 0 saturated heterocycles. The van der Waals surface area contributed by atoms with E-state index in [1.54, 1.807) is 16.8 Å². The fraction of sp³-hybridized carbons (Fsp3) is 0.667. The Morgan fingerprint density at radius 1 is 1.15 bits per heavy atom. The highest BCUT2D eigenvalue weighted by atomic mass is 15.2. The van der Waals surface area contributed by atoms with Crippen LogP contribution in [-0.2, 0) is 12.8 Å². The maximum absolute atomic E-state index is 2.73. The Kier molecular flexibility index (Phi) is 4.30. The molecular formula is C18H28N2. The first-order valence-corrected chi connectivity index (χ1v) is 8.43. The third kappa shape index (κ3) is 2.58. The van der Waals surface area contributed by atoms with E-state index < -0.39 is 0 Å². The highest BCUT2D eigenvalue weighted by Crippen LogP contribution is 2.36. The molecule has 0 aliphatic carbocycles. The molecule has 0 amide bonds. The molecule has 2 heteroatoms. The molecule has 0 N–H and O–H groups in total. The van der Waals surface area contributed by atoms with Crippen LogP contribution in [0.5, 0.6) is 0 Å². The minimum absolute atomic E-state index is 0.718. The molecule has 0 radical (unpaired) electrons. The van der Waals surface area contributed by atoms with Crippen molar-refractivity contribution in [2.24, 2.45) is 0 Å². The third-order valence-electron chi connectivity index (χ3n) is 4.82. The van der Waals surface area contributed by atoms with Crippen LogP contribution in [0.3, 0.4) is 0 Å². The number of hydrogen-bond acceptors (Lipinski definition) is 2. The van der Waals surface area contributed by atoms with E-state index >= 15 is 0 Å². The van der Waals surface area contributed by atoms with Crippen molar-refractivity contribution in [2.45, 2.75) is 52.0 Å². The molecule has 0 fully saturated rings. The monoisotopic (exact) mass is 272 g/mol. The fourth-order valence-corrected chi connectivity index (χ4v) is 4.04. The average molecular weight is 272 g/mol. The summed E-state index contributed by atoms with van der Waals surface area (Å²) in [5, 5.41) is 0. The summed E-state index contributed by atoms with van der Waals surface area (Å²) in [6.45, 7) is 9.61. The van der Waals surface area contributed by atoms with Gasteiger partial charge in [-0.1, -0.05) is 32.0 Å². The smallest absolute Gasteiger partial charge is 0.0432 e. The van der Waals surface area contributed by atoms with Crippen molar-refractivity contribution in [3.63, 3.8) is 0 Å². The van der Waals surface area contributed by atoms with Crippen LogP contribution in [0.1, 0.15) is 44.2 Å². The molecule has 0 spiro atoms. The van der Waals surface area contributed by atoms with Gasteiger partial charge >= 0.3 is 0 Å². The molecule has 3 rings (SSSR count). The molecule has 0 bridgehead atoms. The van der Waals surface area contributed by atoms with Crippen LogP contribution < -0.4 is 4.90 Å². The first-order valence-electron chi connectivity index (χ1n) is 8.43. The number of aryl methyl sites for hydroxylation is 1. The Bertz CT molecular complexity index is 449. The Labute approximate surface area is 123 Å². The van der Waals surface area contributed by atoms with Crippen molar-refractivity contribution in [1.82, 2.24) is 4.90 Å². The number of benzene rings is 1. The molecule has 0 saturated carbocycles. The van der Waals surface area contributed by atoms with Crippen molar-refractivity contribution >= 4 is 5.69 Å². The summed E-state index contributed by atoms with van der Waals surface area (Å²) in [6.07, 6.45) is 6.38. The van der Waals surface area contributed by atoms with Gasteiger partial charge in [-0.2, -0.15) is 0 Å². The predicted molar refractivity (Wildman–Crippen MR) is 86.6 cm³/mol. The van der Waals surface area contributed by atoms with Crippen molar-refractivity contribution in [3.05, 3.63) is 29.3 Å². The second-order valence-corrected chi connectivity index (χ2v) is 6.37. The summed E-state index contributed by atoms with van der Waals surface area (Å²) in [6, 6.07) is 7.68. The van der Waals surface area contributed by atoms with Crippen LogP contribution in [0.4, 0.5) is 5.69 Å². The molecule has 2 aliphatic heterocycles. The first-order chi connectivity index (χ1) is 9.83. The van der Waals surface area contributed by atoms with E-state index in [0.717, 1.165) is 6.04 Å². The van der Waals surface area contributed by atoms with E-state index in [-0.39, 0.29) is 0 Å². The summed E-state index contributed by atoms with van der Waals surface area (Å²) in [5.74, 6) is 0. The fourth-order valence-electron chi connectivity index (χ4n) is 4.04. The van der Waals surface area contributed by atoms with E-state index in [4.69, 9.17) is 0 Å². The normalized spacial score (nSPS) is 21.1. The second-order valence-electron chi connectivity index (χ2n) is 6.37. The lowest BCUT2D eigenvalue weighted by atomic mass is 9.89. The zero-order valence-electron chi connectivity index (χ0n) is 13.1. The van der Waals surface area contributed by atoms with Crippen LogP contribution >= 0.6 is 0 Å². The lowest BCUT2D eigenvalue weighted by Gasteiger charge is -2.44. The Balaban J connectivity index is 1.85. The highest BCUT2D eigenvalue weighted by molar-refractivity contribution is 5.63. The Hall–Kier alpha value is -1.02. The first kappa shape index (κ1) is 13.9. The van der Waals surface area contributed by atoms with Gasteiger partial charge in [0.15, 0.2) is 0 Å². The Morgan fingerprint density at radius 3 is 2.65 bits per heavy atom. The van der Waals surface area contributed by atoms with Gasteiger partial charge in [-0.3, -0.25) is 4.90 Å². The van der Waals surface area contributed by atoms with Crippen molar-refractivity contribution in [3.8, 4) is 0 Å². The number of hydrogen-bond donors (Lipinski definition) is 0. The molecule has 2 aliphatic rings. The second kappa shape index (κ2) is 6.17. The number of rotatable bonds is 5. The zero-order valence-corrected chi connectivity index (χ0v) is 13.1. The van der Waals surface area contributed by atoms with Crippen molar-refractivity contribution < 1.29 is 0 Å². The van der Waals surface area contributed by atoms with Gasteiger partial charge in [0.1, 0.15) is 0 Å². The minimum atomic E-state index is 0.718. The predicted octanol–water partition coefficient (Wildman–Crippen LogP) is 3.49. The SMILES string of the molecule is CCCN(CCC)[C@@H]1Cc2cccc3c2N(CCC3)C1. The summed E-state index contributed by atoms with van der Waals surface area (Å²) < 4.78 is 0. The topological polar surface area (TPSA) is 6.48 Å². The molecule has 0 aromatic heterocycles. The summed E-state index contributed by atoms with van der Waals surface area (Å²) in [4.78, 5) is 5.39. The van der Waals surface area contributed by atoms with Gasteiger partial charge in [0, 0.05) is 24.8 Å². The largest absolute Gasteiger partial charge is 0.369 e. The van der Waals surface area contributed by atoms with Gasteiger partial charge in [0.25, 0.3) is 0 Å². The van der Waals surface area contributed by atoms with Gasteiger partial charge < -0.3 is 4.90 Å². The lowest BCUT2D eigenvalue weighted by molar-refractivity contribution is 0.192. The summed E-state index contributed by atoms with van der Waals surface area (Å²) >= 11 is 0. The summed E-state index contributed by atoms with van der Waals surface area (Å²) in [5.41, 5.74) is 4.77. The standard InChI is InChI=1S/C18H28N2/c1-3-10-19(11-4-2)17-13-16-8-5-7-15-9-6-12-20(14-17)18(15)16/h5,7-8,17H,3-4,6,9-14H2,1-2H3/t17-/m1/s1. The molecular weight excluding hydrogens is 244 g/mol. The van der Waals surface area contributed by atoms with Crippen LogP contribution in [0.2, 0.25) is 0 Å². The van der Waals surface area contributed by atoms with E-state index in [9.17, 15) is 0 Å². The zero-order chi connectivity index (χ0) is 13.9. The quantitative estimate of drug-likeness (QED) is 0.809. The van der Waals surface area contributed by atoms with Gasteiger partial charge in [0.05, 0.1) is 0 Å². The van der Waals surface area contributed by atoms with Crippen LogP contribution in [0.15, 0.2) is 18.2 Å². The van der Waals surface area contributed by atoms with Crippen molar-refractivity contribution in [1.29, 1.82) is 0 Å². The van der Waals surface area contributed by atoms with Gasteiger partial charge in [-0.15, -0.1) is 0 Å².